The first-order valence-electron chi connectivity index (χ1n) is 7.18. The topological polar surface area (TPSA) is 81.2 Å². The minimum absolute atomic E-state index is 0.136. The van der Waals surface area contributed by atoms with Crippen LogP contribution in [0.25, 0.3) is 11.5 Å². The zero-order valence-electron chi connectivity index (χ0n) is 12.7. The molecule has 0 radical (unpaired) electrons. The van der Waals surface area contributed by atoms with Crippen molar-refractivity contribution in [3.8, 4) is 11.5 Å². The van der Waals surface area contributed by atoms with Gasteiger partial charge in [-0.15, -0.1) is 10.2 Å². The quantitative estimate of drug-likeness (QED) is 0.671. The van der Waals surface area contributed by atoms with Gasteiger partial charge in [0.15, 0.2) is 0 Å². The van der Waals surface area contributed by atoms with E-state index in [9.17, 15) is 4.79 Å². The third-order valence-electron chi connectivity index (χ3n) is 3.16. The summed E-state index contributed by atoms with van der Waals surface area (Å²) < 4.78 is 10.8. The molecule has 1 amide bonds. The molecule has 1 atom stereocenters. The van der Waals surface area contributed by atoms with Crippen molar-refractivity contribution in [2.45, 2.75) is 23.9 Å². The first kappa shape index (κ1) is 16.6. The number of carbonyl (C=O) groups excluding carboxylic acids is 1. The number of nitrogens with one attached hydrogen (secondary N) is 1. The molecule has 0 fully saturated rings. The fraction of sp³-hybridized carbons (Fsp3) is 0.188. The van der Waals surface area contributed by atoms with E-state index in [1.165, 1.54) is 11.8 Å². The van der Waals surface area contributed by atoms with Crippen molar-refractivity contribution in [3.63, 3.8) is 0 Å². The normalized spacial score (nSPS) is 12.1. The number of amides is 1. The van der Waals surface area contributed by atoms with E-state index in [-0.39, 0.29) is 11.2 Å². The molecule has 0 bridgehead atoms. The Hall–Kier alpha value is -2.25. The number of thioether (sulfide) groups is 1. The van der Waals surface area contributed by atoms with Crippen LogP contribution in [0.4, 0.5) is 0 Å². The van der Waals surface area contributed by atoms with Crippen molar-refractivity contribution in [2.24, 2.45) is 0 Å². The van der Waals surface area contributed by atoms with Crippen LogP contribution >= 0.6 is 23.4 Å². The third kappa shape index (κ3) is 4.18. The molecule has 0 spiro atoms. The Morgan fingerprint density at radius 3 is 2.79 bits per heavy atom. The monoisotopic (exact) mass is 363 g/mol. The Kier molecular flexibility index (Phi) is 5.22. The average Bonchev–Trinajstić information content (AvgIpc) is 3.25. The largest absolute Gasteiger partial charge is 0.467 e. The summed E-state index contributed by atoms with van der Waals surface area (Å²) in [4.78, 5) is 12.1. The summed E-state index contributed by atoms with van der Waals surface area (Å²) in [5.41, 5.74) is 0.772. The number of hydrogen-bond acceptors (Lipinski definition) is 6. The first-order valence-corrected chi connectivity index (χ1v) is 8.44. The molecule has 3 rings (SSSR count). The molecule has 1 N–H and O–H groups in total. The zero-order valence-corrected chi connectivity index (χ0v) is 14.3. The number of nitrogens with zero attached hydrogens (tertiary/aromatic N) is 2. The van der Waals surface area contributed by atoms with E-state index < -0.39 is 0 Å². The van der Waals surface area contributed by atoms with Gasteiger partial charge in [-0.25, -0.2) is 0 Å². The molecule has 6 nitrogen and oxygen atoms in total. The highest BCUT2D eigenvalue weighted by atomic mass is 35.5. The van der Waals surface area contributed by atoms with Gasteiger partial charge in [-0.3, -0.25) is 4.79 Å². The van der Waals surface area contributed by atoms with E-state index >= 15 is 0 Å². The maximum Gasteiger partial charge on any atom is 0.277 e. The van der Waals surface area contributed by atoms with Gasteiger partial charge in [0.2, 0.25) is 11.8 Å². The second-order valence-electron chi connectivity index (χ2n) is 4.94. The molecule has 2 aromatic heterocycles. The Balaban J connectivity index is 1.57. The molecule has 0 saturated carbocycles. The predicted octanol–water partition coefficient (Wildman–Crippen LogP) is 3.78. The van der Waals surface area contributed by atoms with Crippen LogP contribution in [0, 0.1) is 0 Å². The lowest BCUT2D eigenvalue weighted by atomic mass is 10.2. The predicted molar refractivity (Wildman–Crippen MR) is 90.6 cm³/mol. The molecule has 8 heteroatoms. The summed E-state index contributed by atoms with van der Waals surface area (Å²) in [6.45, 7) is 2.12. The fourth-order valence-corrected chi connectivity index (χ4v) is 2.74. The van der Waals surface area contributed by atoms with Crippen LogP contribution in [0.1, 0.15) is 12.7 Å². The molecule has 0 aliphatic carbocycles. The molecule has 0 saturated heterocycles. The van der Waals surface area contributed by atoms with E-state index in [1.54, 1.807) is 49.6 Å². The SMILES string of the molecule is C[C@H](Sc1nnc(-c2ccc(Cl)cc2)o1)C(=O)NCc1ccco1. The van der Waals surface area contributed by atoms with Crippen LogP contribution in [0.5, 0.6) is 0 Å². The van der Waals surface area contributed by atoms with Gasteiger partial charge >= 0.3 is 0 Å². The lowest BCUT2D eigenvalue weighted by molar-refractivity contribution is -0.120. The Morgan fingerprint density at radius 2 is 2.08 bits per heavy atom. The maximum atomic E-state index is 12.1. The number of benzene rings is 1. The molecule has 2 heterocycles. The molecule has 124 valence electrons. The summed E-state index contributed by atoms with van der Waals surface area (Å²) in [6.07, 6.45) is 1.57. The van der Waals surface area contributed by atoms with Crippen LogP contribution in [-0.4, -0.2) is 21.4 Å². The zero-order chi connectivity index (χ0) is 16.9. The van der Waals surface area contributed by atoms with Gasteiger partial charge in [-0.1, -0.05) is 23.4 Å². The number of furan rings is 1. The number of hydrogen-bond donors (Lipinski definition) is 1. The highest BCUT2D eigenvalue weighted by Gasteiger charge is 2.18. The molecule has 0 aliphatic rings. The van der Waals surface area contributed by atoms with E-state index in [2.05, 4.69) is 15.5 Å². The van der Waals surface area contributed by atoms with E-state index in [1.807, 2.05) is 0 Å². The molecule has 1 aromatic carbocycles. The van der Waals surface area contributed by atoms with Gasteiger partial charge < -0.3 is 14.2 Å². The standard InChI is InChI=1S/C16H14ClN3O3S/c1-10(14(21)18-9-13-3-2-8-22-13)24-16-20-19-15(23-16)11-4-6-12(17)7-5-11/h2-8,10H,9H2,1H3,(H,18,21)/t10-/m0/s1. The molecular formula is C16H14ClN3O3S. The van der Waals surface area contributed by atoms with Crippen LogP contribution in [0.3, 0.4) is 0 Å². The van der Waals surface area contributed by atoms with Crippen molar-refractivity contribution in [1.29, 1.82) is 0 Å². The lowest BCUT2D eigenvalue weighted by Crippen LogP contribution is -2.30. The molecule has 3 aromatic rings. The Morgan fingerprint density at radius 1 is 1.29 bits per heavy atom. The summed E-state index contributed by atoms with van der Waals surface area (Å²) in [7, 11) is 0. The van der Waals surface area contributed by atoms with Crippen molar-refractivity contribution in [3.05, 3.63) is 53.4 Å². The Labute approximate surface area is 147 Å². The smallest absolute Gasteiger partial charge is 0.277 e. The second kappa shape index (κ2) is 7.55. The lowest BCUT2D eigenvalue weighted by Gasteiger charge is -2.08. The number of aromatic nitrogens is 2. The first-order chi connectivity index (χ1) is 11.6. The average molecular weight is 364 g/mol. The molecule has 0 unspecified atom stereocenters. The minimum atomic E-state index is -0.376. The van der Waals surface area contributed by atoms with Crippen molar-refractivity contribution in [2.75, 3.05) is 0 Å². The van der Waals surface area contributed by atoms with Crippen LogP contribution < -0.4 is 5.32 Å². The van der Waals surface area contributed by atoms with E-state index in [0.29, 0.717) is 28.4 Å². The van der Waals surface area contributed by atoms with Crippen LogP contribution in [0.2, 0.25) is 5.02 Å². The molecular weight excluding hydrogens is 350 g/mol. The van der Waals surface area contributed by atoms with Crippen molar-refractivity contribution < 1.29 is 13.6 Å². The van der Waals surface area contributed by atoms with Crippen molar-refractivity contribution in [1.82, 2.24) is 15.5 Å². The van der Waals surface area contributed by atoms with Crippen LogP contribution in [-0.2, 0) is 11.3 Å². The second-order valence-corrected chi connectivity index (χ2v) is 6.67. The summed E-state index contributed by atoms with van der Waals surface area (Å²) in [6, 6.07) is 10.7. The van der Waals surface area contributed by atoms with Gasteiger partial charge in [0.1, 0.15) is 5.76 Å². The highest BCUT2D eigenvalue weighted by molar-refractivity contribution is 8.00. The number of carbonyl (C=O) groups is 1. The molecule has 0 aliphatic heterocycles. The Bertz CT molecular complexity index is 802. The summed E-state index contributed by atoms with van der Waals surface area (Å²) in [5.74, 6) is 0.948. The summed E-state index contributed by atoms with van der Waals surface area (Å²) in [5, 5.41) is 11.3. The van der Waals surface area contributed by atoms with Crippen LogP contribution in [0.15, 0.2) is 56.7 Å². The third-order valence-corrected chi connectivity index (χ3v) is 4.35. The summed E-state index contributed by atoms with van der Waals surface area (Å²) >= 11 is 7.05. The van der Waals surface area contributed by atoms with Crippen molar-refractivity contribution >= 4 is 29.3 Å². The van der Waals surface area contributed by atoms with Gasteiger partial charge in [0.25, 0.3) is 5.22 Å². The number of rotatable bonds is 6. The van der Waals surface area contributed by atoms with Gasteiger partial charge in [0.05, 0.1) is 18.1 Å². The van der Waals surface area contributed by atoms with Gasteiger partial charge in [-0.2, -0.15) is 0 Å². The van der Waals surface area contributed by atoms with E-state index in [4.69, 9.17) is 20.4 Å². The van der Waals surface area contributed by atoms with Gasteiger partial charge in [-0.05, 0) is 43.3 Å². The maximum absolute atomic E-state index is 12.1. The highest BCUT2D eigenvalue weighted by Crippen LogP contribution is 2.26. The van der Waals surface area contributed by atoms with Gasteiger partial charge in [0, 0.05) is 10.6 Å². The number of halogens is 1. The fourth-order valence-electron chi connectivity index (χ4n) is 1.90. The minimum Gasteiger partial charge on any atom is -0.467 e. The molecule has 24 heavy (non-hydrogen) atoms. The van der Waals surface area contributed by atoms with E-state index in [0.717, 1.165) is 5.56 Å².